The van der Waals surface area contributed by atoms with Crippen molar-refractivity contribution in [2.75, 3.05) is 25.1 Å². The Kier molecular flexibility index (Phi) is 6.63. The van der Waals surface area contributed by atoms with Crippen LogP contribution < -0.4 is 16.6 Å². The zero-order valence-corrected chi connectivity index (χ0v) is 16.3. The number of hydrogen-bond acceptors (Lipinski definition) is 6. The minimum atomic E-state index is -0.862. The Labute approximate surface area is 167 Å². The first-order chi connectivity index (χ1) is 14.0. The van der Waals surface area contributed by atoms with Gasteiger partial charge in [0, 0.05) is 13.6 Å². The summed E-state index contributed by atoms with van der Waals surface area (Å²) in [6.07, 6.45) is 1.49. The van der Waals surface area contributed by atoms with Gasteiger partial charge < -0.3 is 19.7 Å². The van der Waals surface area contributed by atoms with Gasteiger partial charge in [-0.25, -0.2) is 4.79 Å². The monoisotopic (exact) mass is 399 g/mol. The molecule has 0 spiro atoms. The van der Waals surface area contributed by atoms with E-state index in [1.165, 1.54) is 11.6 Å². The second-order valence-electron chi connectivity index (χ2n) is 6.68. The van der Waals surface area contributed by atoms with E-state index >= 15 is 0 Å². The Morgan fingerprint density at radius 1 is 1.34 bits per heavy atom. The summed E-state index contributed by atoms with van der Waals surface area (Å²) < 4.78 is 8.15. The molecule has 9 heteroatoms. The molecule has 0 aliphatic heterocycles. The Morgan fingerprint density at radius 3 is 2.83 bits per heavy atom. The number of nitrogens with zero attached hydrogens (tertiary/aromatic N) is 3. The van der Waals surface area contributed by atoms with Crippen LogP contribution >= 0.6 is 0 Å². The standard InChI is InChI=1S/C20H25N5O4/c1-3-11-29-13-15(26)12-25-16-17(24(2)20(28)23-18(16)27)22-19(25)21-10-9-14-7-5-4-6-8-14/h3-8,15,26H,1,9-13H2,2H3,(H,21,22)(H,23,27,28)/t15-/m1/s1. The molecule has 0 aliphatic rings. The van der Waals surface area contributed by atoms with Crippen LogP contribution in [0.15, 0.2) is 52.6 Å². The van der Waals surface area contributed by atoms with Gasteiger partial charge in [0.1, 0.15) is 0 Å². The molecule has 0 amide bonds. The van der Waals surface area contributed by atoms with E-state index in [2.05, 4.69) is 21.9 Å². The number of benzene rings is 1. The van der Waals surface area contributed by atoms with Crippen LogP contribution in [0.4, 0.5) is 5.95 Å². The van der Waals surface area contributed by atoms with Gasteiger partial charge in [-0.1, -0.05) is 36.4 Å². The summed E-state index contributed by atoms with van der Waals surface area (Å²) in [5.74, 6) is 0.408. The third kappa shape index (κ3) is 4.82. The lowest BCUT2D eigenvalue weighted by Crippen LogP contribution is -2.30. The fraction of sp³-hybridized carbons (Fsp3) is 0.350. The maximum atomic E-state index is 12.4. The second kappa shape index (κ2) is 9.35. The average molecular weight is 399 g/mol. The van der Waals surface area contributed by atoms with Gasteiger partial charge in [-0.3, -0.25) is 14.3 Å². The summed E-state index contributed by atoms with van der Waals surface area (Å²) in [6.45, 7) is 4.63. The molecule has 0 fully saturated rings. The summed E-state index contributed by atoms with van der Waals surface area (Å²) in [4.78, 5) is 31.1. The summed E-state index contributed by atoms with van der Waals surface area (Å²) >= 11 is 0. The molecule has 154 valence electrons. The number of H-pyrrole nitrogens is 1. The predicted molar refractivity (Wildman–Crippen MR) is 111 cm³/mol. The van der Waals surface area contributed by atoms with Crippen molar-refractivity contribution in [3.8, 4) is 0 Å². The average Bonchev–Trinajstić information content (AvgIpc) is 3.06. The number of aryl methyl sites for hydroxylation is 1. The maximum Gasteiger partial charge on any atom is 0.329 e. The van der Waals surface area contributed by atoms with E-state index in [9.17, 15) is 14.7 Å². The zero-order chi connectivity index (χ0) is 20.8. The number of imidazole rings is 1. The topological polar surface area (TPSA) is 114 Å². The van der Waals surface area contributed by atoms with E-state index in [1.807, 2.05) is 30.3 Å². The molecule has 0 unspecified atom stereocenters. The van der Waals surface area contributed by atoms with E-state index in [0.29, 0.717) is 19.1 Å². The molecule has 1 atom stereocenters. The maximum absolute atomic E-state index is 12.4. The molecule has 0 saturated heterocycles. The quantitative estimate of drug-likeness (QED) is 0.341. The third-order valence-electron chi connectivity index (χ3n) is 4.49. The minimum absolute atomic E-state index is 0.0822. The Hall–Kier alpha value is -3.17. The van der Waals surface area contributed by atoms with Gasteiger partial charge >= 0.3 is 5.69 Å². The fourth-order valence-electron chi connectivity index (χ4n) is 3.06. The van der Waals surface area contributed by atoms with Gasteiger partial charge in [-0.15, -0.1) is 6.58 Å². The van der Waals surface area contributed by atoms with Crippen molar-refractivity contribution in [2.24, 2.45) is 7.05 Å². The van der Waals surface area contributed by atoms with E-state index in [0.717, 1.165) is 12.0 Å². The molecule has 0 bridgehead atoms. The second-order valence-corrected chi connectivity index (χ2v) is 6.68. The number of aromatic amines is 1. The number of anilines is 1. The van der Waals surface area contributed by atoms with Gasteiger partial charge in [0.2, 0.25) is 5.95 Å². The molecular weight excluding hydrogens is 374 g/mol. The van der Waals surface area contributed by atoms with Crippen LogP contribution in [-0.2, 0) is 24.8 Å². The number of rotatable bonds is 10. The number of hydrogen-bond donors (Lipinski definition) is 3. The van der Waals surface area contributed by atoms with Crippen LogP contribution in [0.5, 0.6) is 0 Å². The predicted octanol–water partition coefficient (Wildman–Crippen LogP) is 0.641. The highest BCUT2D eigenvalue weighted by molar-refractivity contribution is 5.74. The molecular formula is C20H25N5O4. The van der Waals surface area contributed by atoms with Crippen LogP contribution in [0, 0.1) is 0 Å². The first-order valence-corrected chi connectivity index (χ1v) is 9.35. The number of fused-ring (bicyclic) bond motifs is 1. The SMILES string of the molecule is C=CCOC[C@H](O)Cn1c(NCCc2ccccc2)nc2c1c(=O)[nH]c(=O)n2C. The van der Waals surface area contributed by atoms with Crippen LogP contribution in [-0.4, -0.2) is 50.1 Å². The van der Waals surface area contributed by atoms with Crippen molar-refractivity contribution in [1.82, 2.24) is 19.1 Å². The number of aromatic nitrogens is 4. The molecule has 3 rings (SSSR count). The van der Waals surface area contributed by atoms with Crippen LogP contribution in [0.25, 0.3) is 11.2 Å². The van der Waals surface area contributed by atoms with Gasteiger partial charge in [-0.2, -0.15) is 4.98 Å². The molecule has 0 aliphatic carbocycles. The number of ether oxygens (including phenoxy) is 1. The van der Waals surface area contributed by atoms with Crippen molar-refractivity contribution >= 4 is 17.1 Å². The van der Waals surface area contributed by atoms with Gasteiger partial charge in [-0.05, 0) is 12.0 Å². The molecule has 2 heterocycles. The zero-order valence-electron chi connectivity index (χ0n) is 16.3. The van der Waals surface area contributed by atoms with Crippen molar-refractivity contribution < 1.29 is 9.84 Å². The number of aliphatic hydroxyl groups is 1. The lowest BCUT2D eigenvalue weighted by atomic mass is 10.1. The lowest BCUT2D eigenvalue weighted by Gasteiger charge is -2.15. The first kappa shape index (κ1) is 20.6. The number of nitrogens with one attached hydrogen (secondary N) is 2. The smallest absolute Gasteiger partial charge is 0.329 e. The summed E-state index contributed by atoms with van der Waals surface area (Å²) in [7, 11) is 1.54. The van der Waals surface area contributed by atoms with Gasteiger partial charge in [0.05, 0.1) is 25.9 Å². The van der Waals surface area contributed by atoms with Gasteiger partial charge in [0.15, 0.2) is 11.2 Å². The minimum Gasteiger partial charge on any atom is -0.389 e. The molecule has 29 heavy (non-hydrogen) atoms. The van der Waals surface area contributed by atoms with Crippen LogP contribution in [0.2, 0.25) is 0 Å². The summed E-state index contributed by atoms with van der Waals surface area (Å²) in [5.41, 5.74) is 0.534. The Bertz CT molecular complexity index is 1080. The van der Waals surface area contributed by atoms with Crippen molar-refractivity contribution in [3.63, 3.8) is 0 Å². The van der Waals surface area contributed by atoms with Gasteiger partial charge in [0.25, 0.3) is 5.56 Å². The van der Waals surface area contributed by atoms with Crippen LogP contribution in [0.1, 0.15) is 5.56 Å². The third-order valence-corrected chi connectivity index (χ3v) is 4.49. The molecule has 2 aromatic heterocycles. The molecule has 9 nitrogen and oxygen atoms in total. The van der Waals surface area contributed by atoms with E-state index in [-0.39, 0.29) is 24.3 Å². The molecule has 0 radical (unpaired) electrons. The highest BCUT2D eigenvalue weighted by Gasteiger charge is 2.19. The highest BCUT2D eigenvalue weighted by atomic mass is 16.5. The first-order valence-electron chi connectivity index (χ1n) is 9.35. The summed E-state index contributed by atoms with van der Waals surface area (Å²) in [6, 6.07) is 9.96. The molecule has 0 saturated carbocycles. The fourth-order valence-corrected chi connectivity index (χ4v) is 3.06. The molecule has 3 N–H and O–H groups in total. The largest absolute Gasteiger partial charge is 0.389 e. The van der Waals surface area contributed by atoms with E-state index in [1.54, 1.807) is 10.6 Å². The Morgan fingerprint density at radius 2 is 2.10 bits per heavy atom. The Balaban J connectivity index is 1.88. The highest BCUT2D eigenvalue weighted by Crippen LogP contribution is 2.16. The lowest BCUT2D eigenvalue weighted by molar-refractivity contribution is 0.0405. The van der Waals surface area contributed by atoms with Crippen LogP contribution in [0.3, 0.4) is 0 Å². The summed E-state index contributed by atoms with van der Waals surface area (Å²) in [5, 5.41) is 13.5. The van der Waals surface area contributed by atoms with Crippen molar-refractivity contribution in [2.45, 2.75) is 19.1 Å². The van der Waals surface area contributed by atoms with Crippen molar-refractivity contribution in [3.05, 3.63) is 69.4 Å². The molecule has 3 aromatic rings. The van der Waals surface area contributed by atoms with E-state index in [4.69, 9.17) is 4.74 Å². The van der Waals surface area contributed by atoms with E-state index < -0.39 is 17.4 Å². The van der Waals surface area contributed by atoms with Crippen molar-refractivity contribution in [1.29, 1.82) is 0 Å². The normalized spacial score (nSPS) is 12.2. The number of aliphatic hydroxyl groups excluding tert-OH is 1. The molecule has 1 aromatic carbocycles.